The molecule has 0 aromatic heterocycles. The standard InChI is InChI=1S/C15H10ClF2NO/c16-7-12-5-13(17)15(14(18)6-12)20-9-11-3-1-2-10(4-11)8-19/h1-6H,7,9H2. The monoisotopic (exact) mass is 293 g/mol. The first-order valence-electron chi connectivity index (χ1n) is 5.79. The van der Waals surface area contributed by atoms with E-state index in [1.165, 1.54) is 0 Å². The summed E-state index contributed by atoms with van der Waals surface area (Å²) in [6.07, 6.45) is 0. The van der Waals surface area contributed by atoms with Crippen molar-refractivity contribution in [1.82, 2.24) is 0 Å². The molecule has 0 radical (unpaired) electrons. The third-order valence-electron chi connectivity index (χ3n) is 2.65. The molecule has 0 unspecified atom stereocenters. The van der Waals surface area contributed by atoms with Crippen molar-refractivity contribution in [3.05, 3.63) is 64.7 Å². The van der Waals surface area contributed by atoms with E-state index in [0.717, 1.165) is 12.1 Å². The zero-order valence-corrected chi connectivity index (χ0v) is 11.1. The number of nitrogens with zero attached hydrogens (tertiary/aromatic N) is 1. The van der Waals surface area contributed by atoms with Gasteiger partial charge in [0.2, 0.25) is 0 Å². The van der Waals surface area contributed by atoms with E-state index in [-0.39, 0.29) is 12.5 Å². The van der Waals surface area contributed by atoms with Crippen LogP contribution in [0, 0.1) is 23.0 Å². The highest BCUT2D eigenvalue weighted by molar-refractivity contribution is 6.17. The highest BCUT2D eigenvalue weighted by Gasteiger charge is 2.12. The molecule has 0 aliphatic rings. The lowest BCUT2D eigenvalue weighted by Gasteiger charge is -2.09. The van der Waals surface area contributed by atoms with Gasteiger partial charge in [0, 0.05) is 5.88 Å². The normalized spacial score (nSPS) is 10.1. The van der Waals surface area contributed by atoms with E-state index >= 15 is 0 Å². The molecular formula is C15H10ClF2NO. The van der Waals surface area contributed by atoms with Crippen molar-refractivity contribution in [3.8, 4) is 11.8 Å². The number of hydrogen-bond acceptors (Lipinski definition) is 2. The summed E-state index contributed by atoms with van der Waals surface area (Å²) in [4.78, 5) is 0. The van der Waals surface area contributed by atoms with E-state index in [0.29, 0.717) is 16.7 Å². The van der Waals surface area contributed by atoms with E-state index in [9.17, 15) is 8.78 Å². The third kappa shape index (κ3) is 3.25. The number of halogens is 3. The number of hydrogen-bond donors (Lipinski definition) is 0. The highest BCUT2D eigenvalue weighted by atomic mass is 35.5. The van der Waals surface area contributed by atoms with Gasteiger partial charge in [-0.05, 0) is 35.4 Å². The number of rotatable bonds is 4. The predicted molar refractivity (Wildman–Crippen MR) is 71.4 cm³/mol. The lowest BCUT2D eigenvalue weighted by Crippen LogP contribution is -2.01. The molecule has 5 heteroatoms. The van der Waals surface area contributed by atoms with Crippen molar-refractivity contribution < 1.29 is 13.5 Å². The summed E-state index contributed by atoms with van der Waals surface area (Å²) < 4.78 is 32.5. The van der Waals surface area contributed by atoms with Gasteiger partial charge in [0.15, 0.2) is 17.4 Å². The van der Waals surface area contributed by atoms with Gasteiger partial charge in [-0.15, -0.1) is 11.6 Å². The van der Waals surface area contributed by atoms with Crippen LogP contribution in [0.1, 0.15) is 16.7 Å². The van der Waals surface area contributed by atoms with Crippen LogP contribution < -0.4 is 4.74 Å². The third-order valence-corrected chi connectivity index (χ3v) is 2.96. The molecule has 0 N–H and O–H groups in total. The smallest absolute Gasteiger partial charge is 0.191 e. The number of nitriles is 1. The average molecular weight is 294 g/mol. The zero-order valence-electron chi connectivity index (χ0n) is 10.4. The van der Waals surface area contributed by atoms with Crippen LogP contribution in [0.4, 0.5) is 8.78 Å². The Morgan fingerprint density at radius 1 is 1.10 bits per heavy atom. The summed E-state index contributed by atoms with van der Waals surface area (Å²) in [6.45, 7) is -0.0242. The Morgan fingerprint density at radius 3 is 2.40 bits per heavy atom. The van der Waals surface area contributed by atoms with Gasteiger partial charge in [-0.25, -0.2) is 8.78 Å². The fourth-order valence-electron chi connectivity index (χ4n) is 1.71. The van der Waals surface area contributed by atoms with Crippen LogP contribution >= 0.6 is 11.6 Å². The minimum Gasteiger partial charge on any atom is -0.483 e. The second-order valence-corrected chi connectivity index (χ2v) is 4.39. The first kappa shape index (κ1) is 14.3. The topological polar surface area (TPSA) is 33.0 Å². The van der Waals surface area contributed by atoms with Crippen molar-refractivity contribution in [2.45, 2.75) is 12.5 Å². The average Bonchev–Trinajstić information content (AvgIpc) is 2.46. The lowest BCUT2D eigenvalue weighted by atomic mass is 10.1. The van der Waals surface area contributed by atoms with Gasteiger partial charge in [0.1, 0.15) is 6.61 Å². The van der Waals surface area contributed by atoms with Crippen molar-refractivity contribution in [1.29, 1.82) is 5.26 Å². The van der Waals surface area contributed by atoms with Gasteiger partial charge < -0.3 is 4.74 Å². The van der Waals surface area contributed by atoms with Crippen LogP contribution in [0.25, 0.3) is 0 Å². The van der Waals surface area contributed by atoms with Crippen LogP contribution in [-0.2, 0) is 12.5 Å². The van der Waals surface area contributed by atoms with Gasteiger partial charge in [0.05, 0.1) is 11.6 Å². The van der Waals surface area contributed by atoms with Crippen LogP contribution in [0.2, 0.25) is 0 Å². The summed E-state index contributed by atoms with van der Waals surface area (Å²) >= 11 is 5.52. The van der Waals surface area contributed by atoms with Crippen LogP contribution in [-0.4, -0.2) is 0 Å². The Morgan fingerprint density at radius 2 is 1.80 bits per heavy atom. The number of alkyl halides is 1. The van der Waals surface area contributed by atoms with E-state index in [2.05, 4.69) is 0 Å². The molecule has 20 heavy (non-hydrogen) atoms. The Kier molecular flexibility index (Phi) is 4.54. The second-order valence-electron chi connectivity index (χ2n) is 4.12. The summed E-state index contributed by atoms with van der Waals surface area (Å²) in [5.41, 5.74) is 1.47. The van der Waals surface area contributed by atoms with Crippen LogP contribution in [0.5, 0.6) is 5.75 Å². The van der Waals surface area contributed by atoms with Gasteiger partial charge in [-0.2, -0.15) is 5.26 Å². The van der Waals surface area contributed by atoms with E-state index in [4.69, 9.17) is 21.6 Å². The Bertz CT molecular complexity index is 644. The van der Waals surface area contributed by atoms with Crippen molar-refractivity contribution in [2.24, 2.45) is 0 Å². The first-order valence-corrected chi connectivity index (χ1v) is 6.33. The summed E-state index contributed by atoms with van der Waals surface area (Å²) in [6, 6.07) is 10.9. The summed E-state index contributed by atoms with van der Waals surface area (Å²) in [5.74, 6) is -2.01. The Balaban J connectivity index is 2.17. The molecule has 2 rings (SSSR count). The minimum atomic E-state index is -0.794. The van der Waals surface area contributed by atoms with E-state index in [1.807, 2.05) is 6.07 Å². The largest absolute Gasteiger partial charge is 0.483 e. The quantitative estimate of drug-likeness (QED) is 0.793. The first-order chi connectivity index (χ1) is 9.63. The van der Waals surface area contributed by atoms with E-state index < -0.39 is 17.4 Å². The maximum atomic E-state index is 13.7. The predicted octanol–water partition coefficient (Wildman–Crippen LogP) is 4.15. The maximum absolute atomic E-state index is 13.7. The molecule has 2 nitrogen and oxygen atoms in total. The SMILES string of the molecule is N#Cc1cccc(COc2c(F)cc(CCl)cc2F)c1. The van der Waals surface area contributed by atoms with Gasteiger partial charge in [-0.3, -0.25) is 0 Å². The molecule has 2 aromatic carbocycles. The molecule has 0 spiro atoms. The molecule has 0 bridgehead atoms. The van der Waals surface area contributed by atoms with E-state index in [1.54, 1.807) is 24.3 Å². The van der Waals surface area contributed by atoms with Crippen LogP contribution in [0.15, 0.2) is 36.4 Å². The van der Waals surface area contributed by atoms with Crippen LogP contribution in [0.3, 0.4) is 0 Å². The molecule has 0 amide bonds. The molecule has 0 saturated heterocycles. The van der Waals surface area contributed by atoms with Crippen molar-refractivity contribution in [2.75, 3.05) is 0 Å². The molecule has 0 aliphatic carbocycles. The molecule has 0 fully saturated rings. The lowest BCUT2D eigenvalue weighted by molar-refractivity contribution is 0.274. The second kappa shape index (κ2) is 6.36. The Hall–Kier alpha value is -2.12. The molecule has 0 atom stereocenters. The molecule has 102 valence electrons. The molecule has 0 heterocycles. The maximum Gasteiger partial charge on any atom is 0.191 e. The Labute approximate surface area is 120 Å². The fourth-order valence-corrected chi connectivity index (χ4v) is 1.87. The van der Waals surface area contributed by atoms with Gasteiger partial charge in [-0.1, -0.05) is 12.1 Å². The summed E-state index contributed by atoms with van der Waals surface area (Å²) in [5, 5.41) is 8.77. The van der Waals surface area contributed by atoms with Crippen molar-refractivity contribution >= 4 is 11.6 Å². The number of ether oxygens (including phenoxy) is 1. The molecule has 0 aliphatic heterocycles. The zero-order chi connectivity index (χ0) is 14.5. The van der Waals surface area contributed by atoms with Gasteiger partial charge in [0.25, 0.3) is 0 Å². The molecule has 0 saturated carbocycles. The molecular weight excluding hydrogens is 284 g/mol. The van der Waals surface area contributed by atoms with Crippen molar-refractivity contribution in [3.63, 3.8) is 0 Å². The number of benzene rings is 2. The molecule has 2 aromatic rings. The summed E-state index contributed by atoms with van der Waals surface area (Å²) in [7, 11) is 0. The van der Waals surface area contributed by atoms with Gasteiger partial charge >= 0.3 is 0 Å². The highest BCUT2D eigenvalue weighted by Crippen LogP contribution is 2.25. The fraction of sp³-hybridized carbons (Fsp3) is 0.133. The minimum absolute atomic E-state index is 0.0242.